The summed E-state index contributed by atoms with van der Waals surface area (Å²) in [5.41, 5.74) is 1.93. The molecule has 1 aliphatic heterocycles. The third kappa shape index (κ3) is 6.16. The highest BCUT2D eigenvalue weighted by Gasteiger charge is 2.32. The second kappa shape index (κ2) is 10.1. The highest BCUT2D eigenvalue weighted by molar-refractivity contribution is 5.99. The third-order valence-corrected chi connectivity index (χ3v) is 5.57. The molecule has 1 heterocycles. The van der Waals surface area contributed by atoms with E-state index in [0.29, 0.717) is 23.4 Å². The number of hydrogen-bond acceptors (Lipinski definition) is 4. The zero-order chi connectivity index (χ0) is 24.2. The maximum atomic E-state index is 14.6. The maximum Gasteiger partial charge on any atom is 0.251 e. The molecule has 0 aliphatic carbocycles. The van der Waals surface area contributed by atoms with Crippen molar-refractivity contribution in [2.24, 2.45) is 5.92 Å². The molecule has 0 aromatic heterocycles. The second-order valence-corrected chi connectivity index (χ2v) is 9.26. The summed E-state index contributed by atoms with van der Waals surface area (Å²) in [5, 5.41) is 8.07. The van der Waals surface area contributed by atoms with Crippen molar-refractivity contribution in [3.05, 3.63) is 65.0 Å². The highest BCUT2D eigenvalue weighted by Crippen LogP contribution is 2.27. The molecule has 0 bridgehead atoms. The van der Waals surface area contributed by atoms with Crippen LogP contribution in [-0.4, -0.2) is 31.4 Å². The highest BCUT2D eigenvalue weighted by atomic mass is 19.1. The Balaban J connectivity index is 1.83. The van der Waals surface area contributed by atoms with E-state index in [9.17, 15) is 18.8 Å². The molecule has 3 N–H and O–H groups in total. The van der Waals surface area contributed by atoms with Gasteiger partial charge in [0.2, 0.25) is 11.8 Å². The number of benzene rings is 2. The molecule has 176 valence electrons. The van der Waals surface area contributed by atoms with Crippen molar-refractivity contribution in [1.82, 2.24) is 10.6 Å². The minimum Gasteiger partial charge on any atom is -0.380 e. The van der Waals surface area contributed by atoms with Gasteiger partial charge in [-0.2, -0.15) is 0 Å². The van der Waals surface area contributed by atoms with Gasteiger partial charge in [-0.25, -0.2) is 4.39 Å². The lowest BCUT2D eigenvalue weighted by Gasteiger charge is -2.22. The SMILES string of the molecule is COCc1ccc([C@@H](NC(=O)C2CNC(=O)C2)C(=O)Nc2ccc(C(C)(C)C)c(F)c2)cc1. The van der Waals surface area contributed by atoms with Crippen LogP contribution >= 0.6 is 0 Å². The average Bonchev–Trinajstić information content (AvgIpc) is 3.18. The minimum absolute atomic E-state index is 0.0758. The van der Waals surface area contributed by atoms with E-state index in [2.05, 4.69) is 16.0 Å². The minimum atomic E-state index is -1.02. The van der Waals surface area contributed by atoms with E-state index in [0.717, 1.165) is 5.56 Å². The summed E-state index contributed by atoms with van der Waals surface area (Å²) >= 11 is 0. The van der Waals surface area contributed by atoms with Gasteiger partial charge in [-0.1, -0.05) is 51.1 Å². The zero-order valence-corrected chi connectivity index (χ0v) is 19.3. The Bertz CT molecular complexity index is 1030. The van der Waals surface area contributed by atoms with Gasteiger partial charge in [0.15, 0.2) is 0 Å². The molecule has 1 saturated heterocycles. The van der Waals surface area contributed by atoms with Gasteiger partial charge in [0.1, 0.15) is 11.9 Å². The van der Waals surface area contributed by atoms with Crippen LogP contribution in [0, 0.1) is 11.7 Å². The van der Waals surface area contributed by atoms with Gasteiger partial charge in [-0.15, -0.1) is 0 Å². The second-order valence-electron chi connectivity index (χ2n) is 9.26. The Morgan fingerprint density at radius 2 is 1.88 bits per heavy atom. The third-order valence-electron chi connectivity index (χ3n) is 5.57. The lowest BCUT2D eigenvalue weighted by atomic mass is 9.86. The first-order valence-electron chi connectivity index (χ1n) is 10.8. The summed E-state index contributed by atoms with van der Waals surface area (Å²) < 4.78 is 19.7. The van der Waals surface area contributed by atoms with Crippen LogP contribution in [-0.2, 0) is 31.1 Å². The zero-order valence-electron chi connectivity index (χ0n) is 19.3. The van der Waals surface area contributed by atoms with Gasteiger partial charge < -0.3 is 20.7 Å². The lowest BCUT2D eigenvalue weighted by Crippen LogP contribution is -2.40. The van der Waals surface area contributed by atoms with Crippen molar-refractivity contribution < 1.29 is 23.5 Å². The molecule has 0 spiro atoms. The molecule has 1 fully saturated rings. The van der Waals surface area contributed by atoms with E-state index in [1.807, 2.05) is 32.9 Å². The van der Waals surface area contributed by atoms with Crippen LogP contribution in [0.15, 0.2) is 42.5 Å². The van der Waals surface area contributed by atoms with Crippen LogP contribution in [0.25, 0.3) is 0 Å². The Morgan fingerprint density at radius 3 is 2.42 bits per heavy atom. The molecule has 2 aromatic rings. The Hall–Kier alpha value is -3.26. The number of amides is 3. The Kier molecular flexibility index (Phi) is 7.48. The number of hydrogen-bond donors (Lipinski definition) is 3. The molecule has 3 amide bonds. The molecular weight excluding hydrogens is 425 g/mol. The number of carbonyl (C=O) groups excluding carboxylic acids is 3. The normalized spacial score (nSPS) is 16.8. The summed E-state index contributed by atoms with van der Waals surface area (Å²) in [6, 6.07) is 10.6. The predicted molar refractivity (Wildman–Crippen MR) is 123 cm³/mol. The van der Waals surface area contributed by atoms with Crippen molar-refractivity contribution in [3.8, 4) is 0 Å². The molecule has 0 saturated carbocycles. The van der Waals surface area contributed by atoms with Crippen LogP contribution < -0.4 is 16.0 Å². The first kappa shape index (κ1) is 24.4. The molecule has 3 rings (SSSR count). The number of halogens is 1. The van der Waals surface area contributed by atoms with Crippen LogP contribution in [0.1, 0.15) is 49.9 Å². The van der Waals surface area contributed by atoms with Crippen LogP contribution in [0.4, 0.5) is 10.1 Å². The monoisotopic (exact) mass is 455 g/mol. The van der Waals surface area contributed by atoms with Crippen LogP contribution in [0.3, 0.4) is 0 Å². The van der Waals surface area contributed by atoms with Gasteiger partial charge in [0.25, 0.3) is 5.91 Å². The summed E-state index contributed by atoms with van der Waals surface area (Å²) in [5.74, 6) is -2.08. The molecule has 2 aromatic carbocycles. The molecule has 1 unspecified atom stereocenters. The van der Waals surface area contributed by atoms with Crippen LogP contribution in [0.5, 0.6) is 0 Å². The fourth-order valence-electron chi connectivity index (χ4n) is 3.74. The standard InChI is InChI=1S/C25H30FN3O4/c1-25(2,3)19-10-9-18(12-20(19)26)28-24(32)22(16-7-5-15(6-8-16)14-33-4)29-23(31)17-11-21(30)27-13-17/h5-10,12,17,22H,11,13-14H2,1-4H3,(H,27,30)(H,28,32)(H,29,31)/t17?,22-/m1/s1. The molecule has 33 heavy (non-hydrogen) atoms. The Labute approximate surface area is 193 Å². The summed E-state index contributed by atoms with van der Waals surface area (Å²) in [7, 11) is 1.59. The van der Waals surface area contributed by atoms with Gasteiger partial charge in [-0.3, -0.25) is 14.4 Å². The summed E-state index contributed by atoms with van der Waals surface area (Å²) in [4.78, 5) is 37.4. The number of rotatable bonds is 7. The van der Waals surface area contributed by atoms with Gasteiger partial charge in [-0.05, 0) is 34.2 Å². The van der Waals surface area contributed by atoms with Gasteiger partial charge in [0, 0.05) is 25.8 Å². The molecule has 2 atom stereocenters. The fourth-order valence-corrected chi connectivity index (χ4v) is 3.74. The van der Waals surface area contributed by atoms with E-state index in [1.54, 1.807) is 31.4 Å². The topological polar surface area (TPSA) is 96.5 Å². The number of methoxy groups -OCH3 is 1. The number of carbonyl (C=O) groups is 3. The predicted octanol–water partition coefficient (Wildman–Crippen LogP) is 3.20. The van der Waals surface area contributed by atoms with E-state index < -0.39 is 29.6 Å². The molecule has 1 aliphatic rings. The van der Waals surface area contributed by atoms with Gasteiger partial charge >= 0.3 is 0 Å². The van der Waals surface area contributed by atoms with Crippen molar-refractivity contribution in [2.75, 3.05) is 19.0 Å². The first-order valence-corrected chi connectivity index (χ1v) is 10.8. The van der Waals surface area contributed by atoms with E-state index in [1.165, 1.54) is 6.07 Å². The fraction of sp³-hybridized carbons (Fsp3) is 0.400. The number of nitrogens with one attached hydrogen (secondary N) is 3. The summed E-state index contributed by atoms with van der Waals surface area (Å²) in [6.45, 7) is 6.37. The smallest absolute Gasteiger partial charge is 0.251 e. The molecule has 7 nitrogen and oxygen atoms in total. The number of anilines is 1. The van der Waals surface area contributed by atoms with Crippen molar-refractivity contribution >= 4 is 23.4 Å². The van der Waals surface area contributed by atoms with E-state index >= 15 is 0 Å². The lowest BCUT2D eigenvalue weighted by molar-refractivity contribution is -0.129. The van der Waals surface area contributed by atoms with Gasteiger partial charge in [0.05, 0.1) is 12.5 Å². The maximum absolute atomic E-state index is 14.6. The van der Waals surface area contributed by atoms with Crippen molar-refractivity contribution in [1.29, 1.82) is 0 Å². The quantitative estimate of drug-likeness (QED) is 0.597. The largest absolute Gasteiger partial charge is 0.380 e. The number of ether oxygens (including phenoxy) is 1. The molecular formula is C25H30FN3O4. The first-order chi connectivity index (χ1) is 15.6. The summed E-state index contributed by atoms with van der Waals surface area (Å²) in [6.07, 6.45) is 0.0758. The Morgan fingerprint density at radius 1 is 1.18 bits per heavy atom. The van der Waals surface area contributed by atoms with Crippen molar-refractivity contribution in [3.63, 3.8) is 0 Å². The van der Waals surface area contributed by atoms with E-state index in [4.69, 9.17) is 4.74 Å². The average molecular weight is 456 g/mol. The van der Waals surface area contributed by atoms with Crippen molar-refractivity contribution in [2.45, 2.75) is 45.3 Å². The van der Waals surface area contributed by atoms with E-state index in [-0.39, 0.29) is 24.3 Å². The molecule has 8 heteroatoms. The van der Waals surface area contributed by atoms with Crippen LogP contribution in [0.2, 0.25) is 0 Å². The molecule has 0 radical (unpaired) electrons.